The van der Waals surface area contributed by atoms with Crippen molar-refractivity contribution in [3.8, 4) is 0 Å². The van der Waals surface area contributed by atoms with Crippen LogP contribution in [-0.4, -0.2) is 46.0 Å². The number of unbranched alkanes of at least 4 members (excludes halogenated alkanes) is 1. The standard InChI is InChI=1S/C11H20O5/c1-3-4-5-6-15-11-9(14)8(13)10(16-11)7(2)12/h5-14H,3-4H2,1-2H3/t7-,8-,9-,10+,11?/m0/s1. The highest BCUT2D eigenvalue weighted by Crippen LogP contribution is 2.24. The minimum atomic E-state index is -1.13. The first kappa shape index (κ1) is 13.4. The summed E-state index contributed by atoms with van der Waals surface area (Å²) >= 11 is 0. The number of hydrogen-bond acceptors (Lipinski definition) is 5. The molecule has 1 unspecified atom stereocenters. The maximum absolute atomic E-state index is 9.59. The van der Waals surface area contributed by atoms with Gasteiger partial charge in [-0.05, 0) is 19.4 Å². The van der Waals surface area contributed by atoms with Crippen LogP contribution in [0.4, 0.5) is 0 Å². The zero-order valence-corrected chi connectivity index (χ0v) is 9.61. The second kappa shape index (κ2) is 6.20. The van der Waals surface area contributed by atoms with Crippen molar-refractivity contribution >= 4 is 0 Å². The van der Waals surface area contributed by atoms with Crippen molar-refractivity contribution in [1.29, 1.82) is 0 Å². The van der Waals surface area contributed by atoms with Gasteiger partial charge in [0.1, 0.15) is 18.3 Å². The first-order valence-corrected chi connectivity index (χ1v) is 5.58. The molecule has 0 bridgehead atoms. The third-order valence-corrected chi connectivity index (χ3v) is 2.50. The molecule has 0 spiro atoms. The van der Waals surface area contributed by atoms with Crippen molar-refractivity contribution in [2.24, 2.45) is 0 Å². The molecular weight excluding hydrogens is 212 g/mol. The summed E-state index contributed by atoms with van der Waals surface area (Å²) in [6.45, 7) is 3.54. The maximum Gasteiger partial charge on any atom is 0.228 e. The summed E-state index contributed by atoms with van der Waals surface area (Å²) in [7, 11) is 0. The van der Waals surface area contributed by atoms with E-state index in [0.29, 0.717) is 0 Å². The zero-order valence-electron chi connectivity index (χ0n) is 9.61. The molecular formula is C11H20O5. The van der Waals surface area contributed by atoms with Gasteiger partial charge in [0.15, 0.2) is 0 Å². The van der Waals surface area contributed by atoms with Gasteiger partial charge in [0, 0.05) is 0 Å². The number of aliphatic hydroxyl groups excluding tert-OH is 3. The Balaban J connectivity index is 2.44. The third-order valence-electron chi connectivity index (χ3n) is 2.50. The third kappa shape index (κ3) is 3.18. The molecule has 5 heteroatoms. The van der Waals surface area contributed by atoms with Crippen molar-refractivity contribution in [1.82, 2.24) is 0 Å². The van der Waals surface area contributed by atoms with Crippen molar-refractivity contribution in [2.75, 3.05) is 0 Å². The lowest BCUT2D eigenvalue weighted by molar-refractivity contribution is -0.148. The fraction of sp³-hybridized carbons (Fsp3) is 0.818. The van der Waals surface area contributed by atoms with Crippen molar-refractivity contribution in [2.45, 2.75) is 57.4 Å². The lowest BCUT2D eigenvalue weighted by atomic mass is 10.1. The molecule has 1 fully saturated rings. The molecule has 5 atom stereocenters. The summed E-state index contributed by atoms with van der Waals surface area (Å²) in [5.41, 5.74) is 0. The molecule has 1 aliphatic heterocycles. The zero-order chi connectivity index (χ0) is 12.1. The highest BCUT2D eigenvalue weighted by molar-refractivity contribution is 4.90. The molecule has 1 rings (SSSR count). The molecule has 0 aromatic heterocycles. The predicted molar refractivity (Wildman–Crippen MR) is 57.5 cm³/mol. The van der Waals surface area contributed by atoms with Crippen LogP contribution in [0.3, 0.4) is 0 Å². The molecule has 94 valence electrons. The minimum Gasteiger partial charge on any atom is -0.470 e. The van der Waals surface area contributed by atoms with E-state index < -0.39 is 30.7 Å². The highest BCUT2D eigenvalue weighted by atomic mass is 16.7. The summed E-state index contributed by atoms with van der Waals surface area (Å²) in [6.07, 6.45) is 0.334. The summed E-state index contributed by atoms with van der Waals surface area (Å²) in [4.78, 5) is 0. The van der Waals surface area contributed by atoms with Gasteiger partial charge in [-0.15, -0.1) is 0 Å². The number of aliphatic hydroxyl groups is 3. The Morgan fingerprint density at radius 2 is 2.06 bits per heavy atom. The van der Waals surface area contributed by atoms with Crippen LogP contribution in [0.1, 0.15) is 26.7 Å². The smallest absolute Gasteiger partial charge is 0.228 e. The fourth-order valence-electron chi connectivity index (χ4n) is 1.55. The van der Waals surface area contributed by atoms with Crippen molar-refractivity contribution in [3.05, 3.63) is 12.3 Å². The van der Waals surface area contributed by atoms with E-state index in [9.17, 15) is 15.3 Å². The highest BCUT2D eigenvalue weighted by Gasteiger charge is 2.45. The Morgan fingerprint density at radius 1 is 1.38 bits per heavy atom. The van der Waals surface area contributed by atoms with Gasteiger partial charge in [0.25, 0.3) is 0 Å². The van der Waals surface area contributed by atoms with Gasteiger partial charge in [-0.25, -0.2) is 0 Å². The average molecular weight is 232 g/mol. The van der Waals surface area contributed by atoms with Gasteiger partial charge in [-0.2, -0.15) is 0 Å². The Hall–Kier alpha value is -0.620. The molecule has 0 saturated carbocycles. The minimum absolute atomic E-state index is 0.806. The molecule has 0 aliphatic carbocycles. The van der Waals surface area contributed by atoms with Gasteiger partial charge in [-0.3, -0.25) is 0 Å². The molecule has 0 aromatic rings. The van der Waals surface area contributed by atoms with Crippen LogP contribution in [0.2, 0.25) is 0 Å². The molecule has 1 saturated heterocycles. The lowest BCUT2D eigenvalue weighted by Gasteiger charge is -2.16. The van der Waals surface area contributed by atoms with E-state index in [1.807, 2.05) is 13.0 Å². The molecule has 3 N–H and O–H groups in total. The number of rotatable bonds is 5. The van der Waals surface area contributed by atoms with Crippen molar-refractivity contribution in [3.63, 3.8) is 0 Å². The Labute approximate surface area is 95.3 Å². The average Bonchev–Trinajstić information content (AvgIpc) is 2.52. The van der Waals surface area contributed by atoms with Crippen molar-refractivity contribution < 1.29 is 24.8 Å². The molecule has 0 radical (unpaired) electrons. The quantitative estimate of drug-likeness (QED) is 0.588. The molecule has 5 nitrogen and oxygen atoms in total. The summed E-state index contributed by atoms with van der Waals surface area (Å²) in [6, 6.07) is 0. The summed E-state index contributed by atoms with van der Waals surface area (Å²) in [5.74, 6) is 0. The summed E-state index contributed by atoms with van der Waals surface area (Å²) in [5, 5.41) is 28.4. The first-order valence-electron chi connectivity index (χ1n) is 5.58. The van der Waals surface area contributed by atoms with Gasteiger partial charge < -0.3 is 24.8 Å². The van der Waals surface area contributed by atoms with E-state index in [-0.39, 0.29) is 0 Å². The maximum atomic E-state index is 9.59. The normalized spacial score (nSPS) is 36.8. The summed E-state index contributed by atoms with van der Waals surface area (Å²) < 4.78 is 10.3. The van der Waals surface area contributed by atoms with E-state index in [4.69, 9.17) is 9.47 Å². The van der Waals surface area contributed by atoms with Gasteiger partial charge in [0.05, 0.1) is 12.4 Å². The molecule has 0 amide bonds. The van der Waals surface area contributed by atoms with Gasteiger partial charge in [0.2, 0.25) is 6.29 Å². The van der Waals surface area contributed by atoms with E-state index >= 15 is 0 Å². The number of hydrogen-bond donors (Lipinski definition) is 3. The van der Waals surface area contributed by atoms with Gasteiger partial charge in [-0.1, -0.05) is 13.3 Å². The van der Waals surface area contributed by atoms with Gasteiger partial charge >= 0.3 is 0 Å². The van der Waals surface area contributed by atoms with E-state index in [1.165, 1.54) is 13.2 Å². The second-order valence-electron chi connectivity index (χ2n) is 3.99. The molecule has 1 heterocycles. The van der Waals surface area contributed by atoms with Crippen LogP contribution in [-0.2, 0) is 9.47 Å². The second-order valence-corrected chi connectivity index (χ2v) is 3.99. The number of ether oxygens (including phenoxy) is 2. The lowest BCUT2D eigenvalue weighted by Crippen LogP contribution is -2.37. The monoisotopic (exact) mass is 232 g/mol. The molecule has 1 aliphatic rings. The molecule has 0 aromatic carbocycles. The van der Waals surface area contributed by atoms with Crippen LogP contribution in [0.5, 0.6) is 0 Å². The van der Waals surface area contributed by atoms with Crippen LogP contribution < -0.4 is 0 Å². The SMILES string of the molecule is CCCC=COC1O[C@H]([C@H](C)O)[C@@H](O)[C@@H]1O. The van der Waals surface area contributed by atoms with Crippen LogP contribution in [0.15, 0.2) is 12.3 Å². The van der Waals surface area contributed by atoms with E-state index in [2.05, 4.69) is 0 Å². The Bertz CT molecular complexity index is 228. The van der Waals surface area contributed by atoms with E-state index in [1.54, 1.807) is 0 Å². The van der Waals surface area contributed by atoms with Crippen LogP contribution in [0.25, 0.3) is 0 Å². The largest absolute Gasteiger partial charge is 0.470 e. The fourth-order valence-corrected chi connectivity index (χ4v) is 1.55. The van der Waals surface area contributed by atoms with E-state index in [0.717, 1.165) is 12.8 Å². The first-order chi connectivity index (χ1) is 7.57. The number of allylic oxidation sites excluding steroid dienone is 1. The van der Waals surface area contributed by atoms with Crippen LogP contribution in [0, 0.1) is 0 Å². The Morgan fingerprint density at radius 3 is 2.56 bits per heavy atom. The Kier molecular flexibility index (Phi) is 5.21. The molecule has 16 heavy (non-hydrogen) atoms. The topological polar surface area (TPSA) is 79.2 Å². The van der Waals surface area contributed by atoms with Crippen LogP contribution >= 0.6 is 0 Å². The predicted octanol–water partition coefficient (Wildman–Crippen LogP) is 0.144.